The molecule has 2 aromatic carbocycles. The maximum Gasteiger partial charge on any atom is 0.268 e. The van der Waals surface area contributed by atoms with E-state index in [4.69, 9.17) is 0 Å². The molecule has 0 aliphatic rings. The highest BCUT2D eigenvalue weighted by Gasteiger charge is 2.18. The molecule has 0 bridgehead atoms. The summed E-state index contributed by atoms with van der Waals surface area (Å²) in [4.78, 5) is 2.42. The molecule has 0 amide bonds. The zero-order valence-corrected chi connectivity index (χ0v) is 15.3. The number of benzene rings is 2. The summed E-state index contributed by atoms with van der Waals surface area (Å²) >= 11 is 0. The number of aromatic nitrogens is 1. The predicted octanol–water partition coefficient (Wildman–Crippen LogP) is 3.24. The molecule has 3 aromatic rings. The first-order valence-corrected chi connectivity index (χ1v) is 9.73. The molecule has 0 aliphatic carbocycles. The molecule has 0 atom stereocenters. The molecule has 1 N–H and O–H groups in total. The summed E-state index contributed by atoms with van der Waals surface area (Å²) < 4.78 is 27.1. The minimum absolute atomic E-state index is 0.285. The number of fused-ring (bicyclic) bond motifs is 1. The summed E-state index contributed by atoms with van der Waals surface area (Å²) in [5.74, 6) is 0. The molecule has 0 fully saturated rings. The van der Waals surface area contributed by atoms with Crippen molar-refractivity contribution >= 4 is 26.6 Å². The van der Waals surface area contributed by atoms with Gasteiger partial charge in [0.2, 0.25) is 0 Å². The first-order valence-electron chi connectivity index (χ1n) is 8.29. The smallest absolute Gasteiger partial charge is 0.268 e. The summed E-state index contributed by atoms with van der Waals surface area (Å²) in [6, 6.07) is 16.2. The van der Waals surface area contributed by atoms with Gasteiger partial charge in [-0.3, -0.25) is 0 Å². The number of nitrogens with zero attached hydrogens (tertiary/aromatic N) is 2. The number of nitrogens with one attached hydrogen (secondary N) is 1. The Morgan fingerprint density at radius 3 is 2.44 bits per heavy atom. The van der Waals surface area contributed by atoms with Crippen molar-refractivity contribution in [3.63, 3.8) is 0 Å². The van der Waals surface area contributed by atoms with Crippen LogP contribution in [0.4, 0.5) is 5.69 Å². The van der Waals surface area contributed by atoms with Gasteiger partial charge in [0, 0.05) is 23.8 Å². The van der Waals surface area contributed by atoms with Gasteiger partial charge < -0.3 is 10.2 Å². The molecule has 5 nitrogen and oxygen atoms in total. The molecule has 0 aliphatic heterocycles. The van der Waals surface area contributed by atoms with Crippen molar-refractivity contribution in [2.45, 2.75) is 11.3 Å². The molecule has 6 heteroatoms. The highest BCUT2D eigenvalue weighted by atomic mass is 32.2. The van der Waals surface area contributed by atoms with E-state index < -0.39 is 10.0 Å². The Balaban J connectivity index is 1.77. The van der Waals surface area contributed by atoms with Crippen molar-refractivity contribution in [3.8, 4) is 0 Å². The highest BCUT2D eigenvalue weighted by Crippen LogP contribution is 2.23. The van der Waals surface area contributed by atoms with Crippen LogP contribution in [-0.2, 0) is 10.0 Å². The van der Waals surface area contributed by atoms with Crippen LogP contribution in [0.3, 0.4) is 0 Å². The summed E-state index contributed by atoms with van der Waals surface area (Å²) in [5, 5.41) is 4.22. The second-order valence-corrected chi connectivity index (χ2v) is 8.10. The largest absolute Gasteiger partial charge is 0.385 e. The van der Waals surface area contributed by atoms with Gasteiger partial charge in [0.05, 0.1) is 10.4 Å². The first-order chi connectivity index (χ1) is 12.0. The Kier molecular flexibility index (Phi) is 5.11. The average molecular weight is 357 g/mol. The van der Waals surface area contributed by atoms with Crippen molar-refractivity contribution in [1.29, 1.82) is 0 Å². The second kappa shape index (κ2) is 7.29. The topological polar surface area (TPSA) is 54.3 Å². The normalized spacial score (nSPS) is 12.0. The second-order valence-electron chi connectivity index (χ2n) is 6.28. The van der Waals surface area contributed by atoms with Gasteiger partial charge >= 0.3 is 0 Å². The lowest BCUT2D eigenvalue weighted by atomic mass is 10.3. The molecule has 3 rings (SSSR count). The number of anilines is 1. The highest BCUT2D eigenvalue weighted by molar-refractivity contribution is 7.90. The summed E-state index contributed by atoms with van der Waals surface area (Å²) in [6.45, 7) is 1.87. The third-order valence-corrected chi connectivity index (χ3v) is 5.79. The standard InChI is InChI=1S/C19H23N3O2S/c1-21(2)14-5-13-20-17-8-10-18(11-9-17)25(23,24)22-15-12-16-6-3-4-7-19(16)22/h3-4,6-12,15,20H,5,13-14H2,1-2H3. The minimum Gasteiger partial charge on any atom is -0.385 e. The fraction of sp³-hybridized carbons (Fsp3) is 0.263. The lowest BCUT2D eigenvalue weighted by molar-refractivity contribution is 0.405. The van der Waals surface area contributed by atoms with Gasteiger partial charge in [0.25, 0.3) is 10.0 Å². The van der Waals surface area contributed by atoms with Crippen LogP contribution in [0.1, 0.15) is 6.42 Å². The zero-order chi connectivity index (χ0) is 17.9. The number of rotatable bonds is 7. The SMILES string of the molecule is CN(C)CCCNc1ccc(S(=O)(=O)n2ccc3ccccc32)cc1. The van der Waals surface area contributed by atoms with Gasteiger partial charge in [-0.1, -0.05) is 18.2 Å². The molecule has 1 aromatic heterocycles. The lowest BCUT2D eigenvalue weighted by Gasteiger charge is -2.11. The minimum atomic E-state index is -3.59. The van der Waals surface area contributed by atoms with E-state index in [0.29, 0.717) is 5.52 Å². The molecular weight excluding hydrogens is 334 g/mol. The van der Waals surface area contributed by atoms with Crippen molar-refractivity contribution in [3.05, 3.63) is 60.8 Å². The molecule has 25 heavy (non-hydrogen) atoms. The van der Waals surface area contributed by atoms with Crippen molar-refractivity contribution in [1.82, 2.24) is 8.87 Å². The van der Waals surface area contributed by atoms with E-state index in [1.54, 1.807) is 18.3 Å². The third-order valence-electron chi connectivity index (χ3n) is 4.09. The quantitative estimate of drug-likeness (QED) is 0.660. The number of hydrogen-bond acceptors (Lipinski definition) is 4. The van der Waals surface area contributed by atoms with Crippen LogP contribution in [0.25, 0.3) is 10.9 Å². The van der Waals surface area contributed by atoms with E-state index >= 15 is 0 Å². The fourth-order valence-electron chi connectivity index (χ4n) is 2.75. The van der Waals surface area contributed by atoms with E-state index in [1.807, 2.05) is 56.6 Å². The van der Waals surface area contributed by atoms with E-state index in [9.17, 15) is 8.42 Å². The van der Waals surface area contributed by atoms with E-state index in [0.717, 1.165) is 30.6 Å². The van der Waals surface area contributed by atoms with Crippen LogP contribution in [-0.4, -0.2) is 44.5 Å². The van der Waals surface area contributed by atoms with Gasteiger partial charge in [-0.2, -0.15) is 0 Å². The van der Waals surface area contributed by atoms with Gasteiger partial charge in [-0.15, -0.1) is 0 Å². The van der Waals surface area contributed by atoms with Gasteiger partial charge in [0.15, 0.2) is 0 Å². The molecule has 0 saturated carbocycles. The van der Waals surface area contributed by atoms with Crippen molar-refractivity contribution in [2.24, 2.45) is 0 Å². The van der Waals surface area contributed by atoms with Gasteiger partial charge in [-0.05, 0) is 63.5 Å². The molecule has 0 saturated heterocycles. The summed E-state index contributed by atoms with van der Waals surface area (Å²) in [6.07, 6.45) is 2.63. The van der Waals surface area contributed by atoms with Crippen molar-refractivity contribution < 1.29 is 8.42 Å². The van der Waals surface area contributed by atoms with Gasteiger partial charge in [-0.25, -0.2) is 12.4 Å². The van der Waals surface area contributed by atoms with E-state index in [2.05, 4.69) is 10.2 Å². The molecule has 1 heterocycles. The summed E-state index contributed by atoms with van der Waals surface area (Å²) in [5.41, 5.74) is 1.61. The third kappa shape index (κ3) is 3.86. The maximum absolute atomic E-state index is 12.9. The van der Waals surface area contributed by atoms with Crippen LogP contribution in [0.15, 0.2) is 65.7 Å². The first kappa shape index (κ1) is 17.5. The van der Waals surface area contributed by atoms with Crippen LogP contribution < -0.4 is 5.32 Å². The zero-order valence-electron chi connectivity index (χ0n) is 14.5. The Morgan fingerprint density at radius 1 is 1.00 bits per heavy atom. The maximum atomic E-state index is 12.9. The lowest BCUT2D eigenvalue weighted by Crippen LogP contribution is -2.16. The van der Waals surface area contributed by atoms with Crippen LogP contribution in [0.5, 0.6) is 0 Å². The Bertz CT molecular complexity index is 944. The van der Waals surface area contributed by atoms with Gasteiger partial charge in [0.1, 0.15) is 0 Å². The van der Waals surface area contributed by atoms with E-state index in [-0.39, 0.29) is 4.90 Å². The van der Waals surface area contributed by atoms with E-state index in [1.165, 1.54) is 3.97 Å². The molecule has 132 valence electrons. The Morgan fingerprint density at radius 2 is 1.72 bits per heavy atom. The summed E-state index contributed by atoms with van der Waals surface area (Å²) in [7, 11) is 0.499. The monoisotopic (exact) mass is 357 g/mol. The molecule has 0 spiro atoms. The number of hydrogen-bond donors (Lipinski definition) is 1. The molecular formula is C19H23N3O2S. The Hall–Kier alpha value is -2.31. The van der Waals surface area contributed by atoms with Crippen LogP contribution >= 0.6 is 0 Å². The van der Waals surface area contributed by atoms with Crippen molar-refractivity contribution in [2.75, 3.05) is 32.5 Å². The molecule has 0 radical (unpaired) electrons. The number of para-hydroxylation sites is 1. The predicted molar refractivity (Wildman–Crippen MR) is 103 cm³/mol. The molecule has 0 unspecified atom stereocenters. The van der Waals surface area contributed by atoms with Crippen LogP contribution in [0.2, 0.25) is 0 Å². The Labute approximate surface area is 148 Å². The fourth-order valence-corrected chi connectivity index (χ4v) is 4.11. The van der Waals surface area contributed by atoms with Crippen LogP contribution in [0, 0.1) is 0 Å². The average Bonchev–Trinajstić information content (AvgIpc) is 3.04.